The Balaban J connectivity index is 1.86. The van der Waals surface area contributed by atoms with Gasteiger partial charge in [-0.1, -0.05) is 12.1 Å². The first kappa shape index (κ1) is 27.7. The number of benzene rings is 3. The number of rotatable bonds is 11. The SMILES string of the molecule is NS(=O)(=O)c1cccc(CCn2c3ccc(C(=O)CCCl)cc3c3cc(C(=O)CCCl)ccc32)c1[N+](=O)[O-]. The van der Waals surface area contributed by atoms with Crippen molar-refractivity contribution < 1.29 is 22.9 Å². The number of nitrogens with zero attached hydrogens (tertiary/aromatic N) is 2. The van der Waals surface area contributed by atoms with Gasteiger partial charge in [-0.25, -0.2) is 13.6 Å². The number of halogens is 2. The van der Waals surface area contributed by atoms with Crippen molar-refractivity contribution in [3.8, 4) is 0 Å². The first-order chi connectivity index (χ1) is 18.1. The highest BCUT2D eigenvalue weighted by molar-refractivity contribution is 7.89. The Kier molecular flexibility index (Phi) is 8.17. The van der Waals surface area contributed by atoms with Crippen LogP contribution in [0.3, 0.4) is 0 Å². The lowest BCUT2D eigenvalue weighted by Gasteiger charge is -2.10. The summed E-state index contributed by atoms with van der Waals surface area (Å²) in [6.45, 7) is 0.249. The average molecular weight is 576 g/mol. The zero-order valence-electron chi connectivity index (χ0n) is 20.0. The molecule has 0 unspecified atom stereocenters. The van der Waals surface area contributed by atoms with E-state index in [1.54, 1.807) is 36.4 Å². The molecule has 12 heteroatoms. The van der Waals surface area contributed by atoms with Gasteiger partial charge in [0, 0.05) is 69.6 Å². The van der Waals surface area contributed by atoms with Crippen molar-refractivity contribution in [2.24, 2.45) is 5.14 Å². The number of nitrogens with two attached hydrogens (primary N) is 1. The summed E-state index contributed by atoms with van der Waals surface area (Å²) in [4.78, 5) is 35.6. The summed E-state index contributed by atoms with van der Waals surface area (Å²) in [5.74, 6) is 0.137. The van der Waals surface area contributed by atoms with Gasteiger partial charge >= 0.3 is 0 Å². The number of nitro groups is 1. The van der Waals surface area contributed by atoms with Crippen LogP contribution in [-0.4, -0.2) is 41.2 Å². The molecule has 198 valence electrons. The van der Waals surface area contributed by atoms with E-state index in [4.69, 9.17) is 28.3 Å². The van der Waals surface area contributed by atoms with E-state index in [9.17, 15) is 28.1 Å². The Morgan fingerprint density at radius 3 is 1.87 bits per heavy atom. The minimum atomic E-state index is -4.31. The summed E-state index contributed by atoms with van der Waals surface area (Å²) in [5, 5.41) is 18.5. The number of carbonyl (C=O) groups is 2. The van der Waals surface area contributed by atoms with Crippen molar-refractivity contribution in [3.05, 3.63) is 81.4 Å². The Bertz CT molecular complexity index is 1620. The zero-order chi connectivity index (χ0) is 27.6. The molecule has 0 aliphatic carbocycles. The topological polar surface area (TPSA) is 142 Å². The molecule has 0 spiro atoms. The lowest BCUT2D eigenvalue weighted by molar-refractivity contribution is -0.388. The molecule has 0 bridgehead atoms. The van der Waals surface area contributed by atoms with E-state index >= 15 is 0 Å². The highest BCUT2D eigenvalue weighted by atomic mass is 35.5. The van der Waals surface area contributed by atoms with E-state index in [2.05, 4.69) is 0 Å². The summed E-state index contributed by atoms with van der Waals surface area (Å²) in [7, 11) is -4.31. The molecule has 0 aliphatic heterocycles. The van der Waals surface area contributed by atoms with Crippen LogP contribution in [0.15, 0.2) is 59.5 Å². The van der Waals surface area contributed by atoms with Crippen LogP contribution in [0.5, 0.6) is 0 Å². The van der Waals surface area contributed by atoms with Gasteiger partial charge < -0.3 is 4.57 Å². The number of aryl methyl sites for hydroxylation is 2. The first-order valence-electron chi connectivity index (χ1n) is 11.6. The van der Waals surface area contributed by atoms with E-state index in [0.717, 1.165) is 27.9 Å². The summed E-state index contributed by atoms with van der Waals surface area (Å²) >= 11 is 11.5. The predicted octanol–water partition coefficient (Wildman–Crippen LogP) is 5.22. The maximum atomic E-state index is 12.5. The number of hydrogen-bond donors (Lipinski definition) is 1. The first-order valence-corrected chi connectivity index (χ1v) is 14.2. The van der Waals surface area contributed by atoms with Crippen LogP contribution in [0.1, 0.15) is 39.1 Å². The monoisotopic (exact) mass is 575 g/mol. The zero-order valence-corrected chi connectivity index (χ0v) is 22.4. The third-order valence-electron chi connectivity index (χ3n) is 6.33. The molecule has 0 fully saturated rings. The van der Waals surface area contributed by atoms with Gasteiger partial charge in [0.2, 0.25) is 10.0 Å². The van der Waals surface area contributed by atoms with Gasteiger partial charge in [-0.3, -0.25) is 19.7 Å². The number of alkyl halides is 2. The van der Waals surface area contributed by atoms with Crippen molar-refractivity contribution in [1.82, 2.24) is 4.57 Å². The molecule has 4 aromatic rings. The minimum Gasteiger partial charge on any atom is -0.340 e. The van der Waals surface area contributed by atoms with Crippen LogP contribution < -0.4 is 5.14 Å². The number of hydrogen-bond acceptors (Lipinski definition) is 6. The number of Topliss-reactive ketones (excluding diaryl/α,β-unsaturated/α-hetero) is 2. The second kappa shape index (κ2) is 11.2. The summed E-state index contributed by atoms with van der Waals surface area (Å²) in [5.41, 5.74) is 2.10. The number of fused-ring (bicyclic) bond motifs is 3. The van der Waals surface area contributed by atoms with Crippen molar-refractivity contribution in [2.45, 2.75) is 30.7 Å². The highest BCUT2D eigenvalue weighted by Crippen LogP contribution is 2.33. The van der Waals surface area contributed by atoms with Gasteiger partial charge in [0.15, 0.2) is 16.5 Å². The van der Waals surface area contributed by atoms with Gasteiger partial charge in [0.05, 0.1) is 4.92 Å². The maximum absolute atomic E-state index is 12.5. The van der Waals surface area contributed by atoms with Gasteiger partial charge in [-0.2, -0.15) is 0 Å². The average Bonchev–Trinajstić information content (AvgIpc) is 3.19. The van der Waals surface area contributed by atoms with Gasteiger partial charge in [-0.15, -0.1) is 23.2 Å². The lowest BCUT2D eigenvalue weighted by atomic mass is 10.0. The van der Waals surface area contributed by atoms with E-state index < -0.39 is 25.5 Å². The van der Waals surface area contributed by atoms with Gasteiger partial charge in [0.1, 0.15) is 0 Å². The standard InChI is InChI=1S/C26H23Cl2N3O6S/c27-11-8-23(32)17-4-6-21-19(14-17)20-15-18(24(33)9-12-28)5-7-22(20)30(21)13-10-16-2-1-3-25(38(29,36)37)26(16)31(34)35/h1-7,14-15H,8-13H2,(H2,29,36,37). The molecular formula is C26H23Cl2N3O6S. The molecule has 4 rings (SSSR count). The fourth-order valence-corrected chi connectivity index (χ4v) is 5.68. The normalized spacial score (nSPS) is 11.8. The van der Waals surface area contributed by atoms with E-state index in [0.29, 0.717) is 11.1 Å². The van der Waals surface area contributed by atoms with Crippen molar-refractivity contribution in [3.63, 3.8) is 0 Å². The van der Waals surface area contributed by atoms with Crippen LogP contribution in [0.2, 0.25) is 0 Å². The quantitative estimate of drug-likeness (QED) is 0.112. The number of ketones is 2. The highest BCUT2D eigenvalue weighted by Gasteiger charge is 2.26. The molecule has 2 N–H and O–H groups in total. The maximum Gasteiger partial charge on any atom is 0.292 e. The number of primary sulfonamides is 1. The second-order valence-corrected chi connectivity index (χ2v) is 10.9. The van der Waals surface area contributed by atoms with Crippen LogP contribution in [0, 0.1) is 10.1 Å². The Hall–Kier alpha value is -3.31. The number of sulfonamides is 1. The number of carbonyl (C=O) groups excluding carboxylic acids is 2. The summed E-state index contributed by atoms with van der Waals surface area (Å²) < 4.78 is 25.8. The van der Waals surface area contributed by atoms with Crippen LogP contribution >= 0.6 is 23.2 Å². The number of para-hydroxylation sites is 1. The fraction of sp³-hybridized carbons (Fsp3) is 0.231. The second-order valence-electron chi connectivity index (χ2n) is 8.66. The molecule has 1 aromatic heterocycles. The lowest BCUT2D eigenvalue weighted by Crippen LogP contribution is -2.15. The summed E-state index contributed by atoms with van der Waals surface area (Å²) in [6, 6.07) is 14.5. The molecule has 0 saturated carbocycles. The van der Waals surface area contributed by atoms with Crippen LogP contribution in [-0.2, 0) is 23.0 Å². The Morgan fingerprint density at radius 1 is 0.895 bits per heavy atom. The van der Waals surface area contributed by atoms with Crippen molar-refractivity contribution in [1.29, 1.82) is 0 Å². The molecule has 0 atom stereocenters. The summed E-state index contributed by atoms with van der Waals surface area (Å²) in [6.07, 6.45) is 0.475. The number of nitro benzene ring substituents is 1. The van der Waals surface area contributed by atoms with Gasteiger partial charge in [0.25, 0.3) is 5.69 Å². The van der Waals surface area contributed by atoms with E-state index in [1.807, 2.05) is 4.57 Å². The Labute approximate surface area is 228 Å². The minimum absolute atomic E-state index is 0.118. The van der Waals surface area contributed by atoms with Gasteiger partial charge in [-0.05, 0) is 48.9 Å². The van der Waals surface area contributed by atoms with E-state index in [-0.39, 0.29) is 54.7 Å². The molecule has 0 radical (unpaired) electrons. The fourth-order valence-electron chi connectivity index (χ4n) is 4.59. The molecule has 1 heterocycles. The number of aromatic nitrogens is 1. The molecule has 9 nitrogen and oxygen atoms in total. The molecule has 3 aromatic carbocycles. The van der Waals surface area contributed by atoms with Crippen molar-refractivity contribution in [2.75, 3.05) is 11.8 Å². The molecule has 0 saturated heterocycles. The smallest absolute Gasteiger partial charge is 0.292 e. The molecular weight excluding hydrogens is 553 g/mol. The third-order valence-corrected chi connectivity index (χ3v) is 7.65. The molecule has 0 aliphatic rings. The Morgan fingerprint density at radius 2 is 1.42 bits per heavy atom. The molecule has 38 heavy (non-hydrogen) atoms. The largest absolute Gasteiger partial charge is 0.340 e. The predicted molar refractivity (Wildman–Crippen MR) is 147 cm³/mol. The third kappa shape index (κ3) is 5.44. The van der Waals surface area contributed by atoms with Crippen LogP contribution in [0.4, 0.5) is 5.69 Å². The van der Waals surface area contributed by atoms with E-state index in [1.165, 1.54) is 12.1 Å². The molecule has 0 amide bonds. The van der Waals surface area contributed by atoms with Crippen molar-refractivity contribution >= 4 is 72.3 Å². The van der Waals surface area contributed by atoms with Crippen LogP contribution in [0.25, 0.3) is 21.8 Å².